The first-order valence-corrected chi connectivity index (χ1v) is 5.38. The first-order chi connectivity index (χ1) is 7.57. The second-order valence-corrected chi connectivity index (χ2v) is 4.58. The van der Waals surface area contributed by atoms with Gasteiger partial charge in [-0.05, 0) is 26.7 Å². The van der Waals surface area contributed by atoms with Crippen molar-refractivity contribution in [2.75, 3.05) is 6.54 Å². The molecule has 16 heavy (non-hydrogen) atoms. The minimum Gasteiger partial charge on any atom is -0.371 e. The molecule has 1 aliphatic heterocycles. The Morgan fingerprint density at radius 2 is 2.56 bits per heavy atom. The maximum Gasteiger partial charge on any atom is 0.288 e. The number of ether oxygens (including phenoxy) is 1. The number of nitrogens with one attached hydrogen (secondary N) is 2. The van der Waals surface area contributed by atoms with Gasteiger partial charge < -0.3 is 10.1 Å². The van der Waals surface area contributed by atoms with Crippen LogP contribution in [0.3, 0.4) is 0 Å². The van der Waals surface area contributed by atoms with Crippen molar-refractivity contribution >= 4 is 5.91 Å². The summed E-state index contributed by atoms with van der Waals surface area (Å²) in [6, 6.07) is 0. The van der Waals surface area contributed by atoms with Crippen molar-refractivity contribution in [3.8, 4) is 0 Å². The molecule has 1 saturated heterocycles. The maximum atomic E-state index is 11.5. The Balaban J connectivity index is 1.79. The molecule has 2 rings (SSSR count). The van der Waals surface area contributed by atoms with E-state index in [4.69, 9.17) is 4.74 Å². The minimum atomic E-state index is -0.245. The zero-order chi connectivity index (χ0) is 11.6. The van der Waals surface area contributed by atoms with Crippen molar-refractivity contribution in [3.05, 3.63) is 12.2 Å². The molecule has 0 bridgehead atoms. The van der Waals surface area contributed by atoms with Crippen LogP contribution in [-0.2, 0) is 4.74 Å². The Labute approximate surface area is 93.8 Å². The fourth-order valence-corrected chi connectivity index (χ4v) is 1.83. The monoisotopic (exact) mass is 224 g/mol. The van der Waals surface area contributed by atoms with Crippen molar-refractivity contribution in [1.29, 1.82) is 0 Å². The molecule has 0 spiro atoms. The van der Waals surface area contributed by atoms with Gasteiger partial charge in [-0.3, -0.25) is 9.89 Å². The van der Waals surface area contributed by atoms with Crippen LogP contribution in [0.15, 0.2) is 6.33 Å². The second kappa shape index (κ2) is 4.21. The molecule has 0 aliphatic carbocycles. The molecule has 1 aromatic rings. The number of carbonyl (C=O) groups is 1. The second-order valence-electron chi connectivity index (χ2n) is 4.58. The summed E-state index contributed by atoms with van der Waals surface area (Å²) in [6.45, 7) is 4.64. The van der Waals surface area contributed by atoms with Crippen LogP contribution in [0.4, 0.5) is 0 Å². The first-order valence-electron chi connectivity index (χ1n) is 5.38. The van der Waals surface area contributed by atoms with Gasteiger partial charge in [-0.2, -0.15) is 5.10 Å². The van der Waals surface area contributed by atoms with Crippen molar-refractivity contribution in [2.24, 2.45) is 0 Å². The third-order valence-electron chi connectivity index (χ3n) is 2.67. The number of H-pyrrole nitrogens is 1. The van der Waals surface area contributed by atoms with Gasteiger partial charge in [-0.15, -0.1) is 0 Å². The molecule has 1 atom stereocenters. The quantitative estimate of drug-likeness (QED) is 0.783. The number of rotatable bonds is 3. The fraction of sp³-hybridized carbons (Fsp3) is 0.700. The Morgan fingerprint density at radius 1 is 1.75 bits per heavy atom. The molecule has 1 aliphatic rings. The predicted molar refractivity (Wildman–Crippen MR) is 56.9 cm³/mol. The molecule has 1 amide bonds. The van der Waals surface area contributed by atoms with E-state index in [0.29, 0.717) is 6.54 Å². The number of aromatic nitrogens is 3. The van der Waals surface area contributed by atoms with E-state index in [1.54, 1.807) is 0 Å². The van der Waals surface area contributed by atoms with Crippen LogP contribution in [0.25, 0.3) is 0 Å². The molecule has 6 heteroatoms. The topological polar surface area (TPSA) is 79.9 Å². The largest absolute Gasteiger partial charge is 0.371 e. The molecule has 1 fully saturated rings. The lowest BCUT2D eigenvalue weighted by Crippen LogP contribution is -2.34. The van der Waals surface area contributed by atoms with Gasteiger partial charge in [0.2, 0.25) is 5.82 Å². The van der Waals surface area contributed by atoms with Gasteiger partial charge in [0.25, 0.3) is 5.91 Å². The van der Waals surface area contributed by atoms with Gasteiger partial charge in [0.05, 0.1) is 11.7 Å². The van der Waals surface area contributed by atoms with Gasteiger partial charge in [0, 0.05) is 6.54 Å². The highest BCUT2D eigenvalue weighted by molar-refractivity contribution is 5.90. The summed E-state index contributed by atoms with van der Waals surface area (Å²) < 4.78 is 5.76. The van der Waals surface area contributed by atoms with Crippen molar-refractivity contribution in [2.45, 2.75) is 38.4 Å². The molecule has 2 N–H and O–H groups in total. The molecule has 88 valence electrons. The van der Waals surface area contributed by atoms with Crippen LogP contribution in [0.5, 0.6) is 0 Å². The summed E-state index contributed by atoms with van der Waals surface area (Å²) in [5, 5.41) is 8.90. The molecule has 2 heterocycles. The Hall–Kier alpha value is -1.43. The van der Waals surface area contributed by atoms with E-state index in [1.807, 2.05) is 0 Å². The highest BCUT2D eigenvalue weighted by Crippen LogP contribution is 2.28. The van der Waals surface area contributed by atoms with Crippen LogP contribution < -0.4 is 5.32 Å². The van der Waals surface area contributed by atoms with Crippen molar-refractivity contribution in [1.82, 2.24) is 20.5 Å². The molecule has 0 saturated carbocycles. The standard InChI is InChI=1S/C10H16N4O2/c1-10(2)4-3-7(16-10)5-11-9(15)8-12-6-13-14-8/h6-7H,3-5H2,1-2H3,(H,11,15)(H,12,13,14). The summed E-state index contributed by atoms with van der Waals surface area (Å²) in [5.41, 5.74) is -0.0678. The normalized spacial score (nSPS) is 23.2. The van der Waals surface area contributed by atoms with Gasteiger partial charge in [-0.1, -0.05) is 0 Å². The first kappa shape index (κ1) is 11.1. The highest BCUT2D eigenvalue weighted by atomic mass is 16.5. The van der Waals surface area contributed by atoms with E-state index < -0.39 is 0 Å². The SMILES string of the molecule is CC1(C)CCC(CNC(=O)c2ncn[nH]2)O1. The van der Waals surface area contributed by atoms with Gasteiger partial charge in [0.1, 0.15) is 6.33 Å². The van der Waals surface area contributed by atoms with Crippen molar-refractivity contribution < 1.29 is 9.53 Å². The third kappa shape index (κ3) is 2.57. The number of amides is 1. The van der Waals surface area contributed by atoms with E-state index >= 15 is 0 Å². The molecule has 0 radical (unpaired) electrons. The zero-order valence-corrected chi connectivity index (χ0v) is 9.49. The maximum absolute atomic E-state index is 11.5. The Bertz CT molecular complexity index is 361. The lowest BCUT2D eigenvalue weighted by molar-refractivity contribution is -0.0138. The zero-order valence-electron chi connectivity index (χ0n) is 9.49. The van der Waals surface area contributed by atoms with E-state index in [2.05, 4.69) is 34.3 Å². The summed E-state index contributed by atoms with van der Waals surface area (Å²) in [4.78, 5) is 15.3. The third-order valence-corrected chi connectivity index (χ3v) is 2.67. The molecule has 1 aromatic heterocycles. The molecular formula is C10H16N4O2. The average molecular weight is 224 g/mol. The average Bonchev–Trinajstić information content (AvgIpc) is 2.83. The molecule has 0 aromatic carbocycles. The predicted octanol–water partition coefficient (Wildman–Crippen LogP) is 0.492. The van der Waals surface area contributed by atoms with E-state index in [1.165, 1.54) is 6.33 Å². The molecular weight excluding hydrogens is 208 g/mol. The lowest BCUT2D eigenvalue weighted by Gasteiger charge is -2.19. The Kier molecular flexibility index (Phi) is 2.91. The smallest absolute Gasteiger partial charge is 0.288 e. The summed E-state index contributed by atoms with van der Waals surface area (Å²) in [7, 11) is 0. The van der Waals surface area contributed by atoms with E-state index in [0.717, 1.165) is 12.8 Å². The van der Waals surface area contributed by atoms with Crippen LogP contribution in [-0.4, -0.2) is 39.3 Å². The summed E-state index contributed by atoms with van der Waals surface area (Å²) >= 11 is 0. The highest BCUT2D eigenvalue weighted by Gasteiger charge is 2.31. The van der Waals surface area contributed by atoms with Crippen LogP contribution >= 0.6 is 0 Å². The number of nitrogens with zero attached hydrogens (tertiary/aromatic N) is 2. The molecule has 6 nitrogen and oxygen atoms in total. The lowest BCUT2D eigenvalue weighted by atomic mass is 10.1. The van der Waals surface area contributed by atoms with Gasteiger partial charge in [-0.25, -0.2) is 4.98 Å². The van der Waals surface area contributed by atoms with Crippen LogP contribution in [0.2, 0.25) is 0 Å². The van der Waals surface area contributed by atoms with E-state index in [-0.39, 0.29) is 23.4 Å². The fourth-order valence-electron chi connectivity index (χ4n) is 1.83. The van der Waals surface area contributed by atoms with Gasteiger partial charge in [0.15, 0.2) is 0 Å². The minimum absolute atomic E-state index is 0.0678. The number of aromatic amines is 1. The number of carbonyl (C=O) groups excluding carboxylic acids is 1. The van der Waals surface area contributed by atoms with Gasteiger partial charge >= 0.3 is 0 Å². The number of hydrogen-bond donors (Lipinski definition) is 2. The van der Waals surface area contributed by atoms with Crippen LogP contribution in [0.1, 0.15) is 37.3 Å². The summed E-state index contributed by atoms with van der Waals surface area (Å²) in [6.07, 6.45) is 3.41. The number of hydrogen-bond acceptors (Lipinski definition) is 4. The Morgan fingerprint density at radius 3 is 3.12 bits per heavy atom. The summed E-state index contributed by atoms with van der Waals surface area (Å²) in [5.74, 6) is -0.0111. The van der Waals surface area contributed by atoms with E-state index in [9.17, 15) is 4.79 Å². The van der Waals surface area contributed by atoms with Crippen molar-refractivity contribution in [3.63, 3.8) is 0 Å². The molecule has 1 unspecified atom stereocenters. The van der Waals surface area contributed by atoms with Crippen LogP contribution in [0, 0.1) is 0 Å².